The SMILES string of the molecule is CC[C@H]1C[C@](O)(c2cccc(I)c2)CCO1. The molecular weight excluding hydrogens is 315 g/mol. The Kier molecular flexibility index (Phi) is 3.87. The van der Waals surface area contributed by atoms with Crippen LogP contribution in [0.3, 0.4) is 0 Å². The van der Waals surface area contributed by atoms with E-state index in [1.807, 2.05) is 18.2 Å². The second-order valence-corrected chi connectivity index (χ2v) is 5.64. The van der Waals surface area contributed by atoms with Crippen molar-refractivity contribution in [3.63, 3.8) is 0 Å². The summed E-state index contributed by atoms with van der Waals surface area (Å²) >= 11 is 2.28. The van der Waals surface area contributed by atoms with Crippen molar-refractivity contribution in [3.05, 3.63) is 33.4 Å². The highest BCUT2D eigenvalue weighted by molar-refractivity contribution is 14.1. The minimum absolute atomic E-state index is 0.191. The molecule has 1 aromatic carbocycles. The first kappa shape index (κ1) is 12.3. The summed E-state index contributed by atoms with van der Waals surface area (Å²) in [6.07, 6.45) is 2.57. The Morgan fingerprint density at radius 1 is 1.56 bits per heavy atom. The summed E-state index contributed by atoms with van der Waals surface area (Å²) in [4.78, 5) is 0. The molecule has 1 saturated heterocycles. The summed E-state index contributed by atoms with van der Waals surface area (Å²) in [6, 6.07) is 8.13. The highest BCUT2D eigenvalue weighted by atomic mass is 127. The molecule has 1 aliphatic heterocycles. The minimum Gasteiger partial charge on any atom is -0.385 e. The van der Waals surface area contributed by atoms with Crippen LogP contribution in [0.2, 0.25) is 0 Å². The molecule has 88 valence electrons. The third kappa shape index (κ3) is 2.57. The van der Waals surface area contributed by atoms with E-state index in [4.69, 9.17) is 4.74 Å². The molecule has 3 heteroatoms. The summed E-state index contributed by atoms with van der Waals surface area (Å²) in [6.45, 7) is 2.76. The quantitative estimate of drug-likeness (QED) is 0.844. The number of ether oxygens (including phenoxy) is 1. The Balaban J connectivity index is 2.23. The van der Waals surface area contributed by atoms with Crippen LogP contribution < -0.4 is 0 Å². The van der Waals surface area contributed by atoms with Crippen LogP contribution in [0.4, 0.5) is 0 Å². The van der Waals surface area contributed by atoms with Gasteiger partial charge < -0.3 is 9.84 Å². The zero-order chi connectivity index (χ0) is 11.6. The van der Waals surface area contributed by atoms with Gasteiger partial charge in [0.2, 0.25) is 0 Å². The molecule has 0 radical (unpaired) electrons. The zero-order valence-corrected chi connectivity index (χ0v) is 11.6. The number of halogens is 1. The van der Waals surface area contributed by atoms with Crippen molar-refractivity contribution in [2.45, 2.75) is 37.9 Å². The average Bonchev–Trinajstić information content (AvgIpc) is 2.29. The van der Waals surface area contributed by atoms with Crippen molar-refractivity contribution in [1.82, 2.24) is 0 Å². The maximum atomic E-state index is 10.7. The van der Waals surface area contributed by atoms with E-state index in [-0.39, 0.29) is 6.10 Å². The van der Waals surface area contributed by atoms with E-state index in [0.29, 0.717) is 19.4 Å². The largest absolute Gasteiger partial charge is 0.385 e. The average molecular weight is 332 g/mol. The van der Waals surface area contributed by atoms with Gasteiger partial charge in [-0.25, -0.2) is 0 Å². The second kappa shape index (κ2) is 5.02. The third-order valence-electron chi connectivity index (χ3n) is 3.25. The molecule has 1 heterocycles. The van der Waals surface area contributed by atoms with E-state index < -0.39 is 5.60 Å². The number of rotatable bonds is 2. The van der Waals surface area contributed by atoms with E-state index in [1.54, 1.807) is 0 Å². The monoisotopic (exact) mass is 332 g/mol. The molecule has 0 bridgehead atoms. The summed E-state index contributed by atoms with van der Waals surface area (Å²) < 4.78 is 6.78. The maximum Gasteiger partial charge on any atom is 0.0943 e. The highest BCUT2D eigenvalue weighted by Gasteiger charge is 2.35. The summed E-state index contributed by atoms with van der Waals surface area (Å²) in [5.74, 6) is 0. The van der Waals surface area contributed by atoms with Gasteiger partial charge in [0.1, 0.15) is 0 Å². The summed E-state index contributed by atoms with van der Waals surface area (Å²) in [5, 5.41) is 10.7. The van der Waals surface area contributed by atoms with Gasteiger partial charge >= 0.3 is 0 Å². The molecule has 16 heavy (non-hydrogen) atoms. The van der Waals surface area contributed by atoms with Crippen LogP contribution in [0, 0.1) is 3.57 Å². The van der Waals surface area contributed by atoms with Gasteiger partial charge in [-0.15, -0.1) is 0 Å². The molecule has 0 aliphatic carbocycles. The summed E-state index contributed by atoms with van der Waals surface area (Å²) in [5.41, 5.74) is 0.335. The van der Waals surface area contributed by atoms with E-state index in [2.05, 4.69) is 35.6 Å². The predicted octanol–water partition coefficient (Wildman–Crippen LogP) is 3.07. The molecule has 1 N–H and O–H groups in total. The van der Waals surface area contributed by atoms with E-state index >= 15 is 0 Å². The van der Waals surface area contributed by atoms with Crippen LogP contribution in [-0.2, 0) is 10.3 Å². The van der Waals surface area contributed by atoms with Crippen molar-refractivity contribution >= 4 is 22.6 Å². The topological polar surface area (TPSA) is 29.5 Å². The first-order valence-electron chi connectivity index (χ1n) is 5.74. The molecular formula is C13H17IO2. The standard InChI is InChI=1S/C13H17IO2/c1-2-12-9-13(15,6-7-16-12)10-4-3-5-11(14)8-10/h3-5,8,12,15H,2,6-7,9H2,1H3/t12-,13-/m0/s1. The molecule has 1 fully saturated rings. The zero-order valence-electron chi connectivity index (χ0n) is 9.45. The third-order valence-corrected chi connectivity index (χ3v) is 3.92. The molecule has 0 spiro atoms. The molecule has 2 rings (SSSR count). The number of benzene rings is 1. The van der Waals surface area contributed by atoms with Crippen molar-refractivity contribution in [2.75, 3.05) is 6.61 Å². The Hall–Kier alpha value is -0.130. The number of aliphatic hydroxyl groups is 1. The lowest BCUT2D eigenvalue weighted by molar-refractivity contribution is -0.108. The smallest absolute Gasteiger partial charge is 0.0943 e. The number of hydrogen-bond donors (Lipinski definition) is 1. The fourth-order valence-electron chi connectivity index (χ4n) is 2.23. The van der Waals surface area contributed by atoms with Crippen LogP contribution in [0.15, 0.2) is 24.3 Å². The first-order valence-corrected chi connectivity index (χ1v) is 6.82. The van der Waals surface area contributed by atoms with Gasteiger partial charge in [-0.1, -0.05) is 19.1 Å². The summed E-state index contributed by atoms with van der Waals surface area (Å²) in [7, 11) is 0. The molecule has 0 aromatic heterocycles. The van der Waals surface area contributed by atoms with Gasteiger partial charge in [-0.3, -0.25) is 0 Å². The molecule has 2 atom stereocenters. The van der Waals surface area contributed by atoms with Crippen LogP contribution in [-0.4, -0.2) is 17.8 Å². The Morgan fingerprint density at radius 2 is 2.38 bits per heavy atom. The second-order valence-electron chi connectivity index (χ2n) is 4.40. The lowest BCUT2D eigenvalue weighted by Crippen LogP contribution is -2.38. The van der Waals surface area contributed by atoms with Gasteiger partial charge in [0, 0.05) is 16.4 Å². The van der Waals surface area contributed by atoms with E-state index in [9.17, 15) is 5.11 Å². The van der Waals surface area contributed by atoms with Crippen molar-refractivity contribution in [1.29, 1.82) is 0 Å². The molecule has 2 nitrogen and oxygen atoms in total. The normalized spacial score (nSPS) is 30.3. The van der Waals surface area contributed by atoms with Gasteiger partial charge in [0.15, 0.2) is 0 Å². The predicted molar refractivity (Wildman–Crippen MR) is 72.3 cm³/mol. The maximum absolute atomic E-state index is 10.7. The van der Waals surface area contributed by atoms with Gasteiger partial charge in [0.25, 0.3) is 0 Å². The Labute approximate surface area is 110 Å². The molecule has 0 unspecified atom stereocenters. The van der Waals surface area contributed by atoms with Crippen LogP contribution in [0.5, 0.6) is 0 Å². The van der Waals surface area contributed by atoms with Gasteiger partial charge in [0.05, 0.1) is 18.3 Å². The lowest BCUT2D eigenvalue weighted by Gasteiger charge is -2.37. The molecule has 1 aromatic rings. The van der Waals surface area contributed by atoms with Crippen molar-refractivity contribution in [2.24, 2.45) is 0 Å². The Bertz CT molecular complexity index is 367. The molecule has 0 amide bonds. The minimum atomic E-state index is -0.694. The number of hydrogen-bond acceptors (Lipinski definition) is 2. The van der Waals surface area contributed by atoms with Crippen molar-refractivity contribution in [3.8, 4) is 0 Å². The highest BCUT2D eigenvalue weighted by Crippen LogP contribution is 2.35. The lowest BCUT2D eigenvalue weighted by atomic mass is 9.83. The van der Waals surface area contributed by atoms with Gasteiger partial charge in [-0.05, 0) is 46.7 Å². The van der Waals surface area contributed by atoms with Crippen molar-refractivity contribution < 1.29 is 9.84 Å². The van der Waals surface area contributed by atoms with E-state index in [0.717, 1.165) is 12.0 Å². The van der Waals surface area contributed by atoms with Crippen LogP contribution >= 0.6 is 22.6 Å². The fourth-order valence-corrected chi connectivity index (χ4v) is 2.78. The molecule has 0 saturated carbocycles. The van der Waals surface area contributed by atoms with Crippen LogP contribution in [0.1, 0.15) is 31.7 Å². The molecule has 1 aliphatic rings. The van der Waals surface area contributed by atoms with Crippen LogP contribution in [0.25, 0.3) is 0 Å². The van der Waals surface area contributed by atoms with E-state index in [1.165, 1.54) is 3.57 Å². The Morgan fingerprint density at radius 3 is 3.06 bits per heavy atom. The fraction of sp³-hybridized carbons (Fsp3) is 0.538. The van der Waals surface area contributed by atoms with Gasteiger partial charge in [-0.2, -0.15) is 0 Å². The first-order chi connectivity index (χ1) is 7.64.